The molecule has 7 heteroatoms. The first-order chi connectivity index (χ1) is 17.5. The van der Waals surface area contributed by atoms with Crippen LogP contribution in [0.3, 0.4) is 0 Å². The number of nitrogens with zero attached hydrogens (tertiary/aromatic N) is 3. The number of hydrogen-bond donors (Lipinski definition) is 1. The van der Waals surface area contributed by atoms with Gasteiger partial charge in [0, 0.05) is 60.6 Å². The van der Waals surface area contributed by atoms with Gasteiger partial charge in [0.2, 0.25) is 5.91 Å². The fraction of sp³-hybridized carbons (Fsp3) is 0.533. The maximum atomic E-state index is 12.9. The molecular weight excluding hydrogens is 464 g/mol. The molecule has 4 aliphatic heterocycles. The molecule has 3 fully saturated rings. The summed E-state index contributed by atoms with van der Waals surface area (Å²) in [5.41, 5.74) is 3.86. The molecule has 3 saturated heterocycles. The maximum absolute atomic E-state index is 12.9. The van der Waals surface area contributed by atoms with E-state index in [1.807, 2.05) is 48.8 Å². The summed E-state index contributed by atoms with van der Waals surface area (Å²) in [6.45, 7) is 13.2. The molecular formula is C30H40N4O3. The van der Waals surface area contributed by atoms with Gasteiger partial charge in [0.15, 0.2) is 0 Å². The van der Waals surface area contributed by atoms with Crippen molar-refractivity contribution in [1.82, 2.24) is 4.90 Å². The van der Waals surface area contributed by atoms with E-state index in [0.29, 0.717) is 6.54 Å². The number of piperazine rings is 1. The first-order valence-electron chi connectivity index (χ1n) is 13.5. The quantitative estimate of drug-likeness (QED) is 0.571. The fourth-order valence-electron chi connectivity index (χ4n) is 6.27. The lowest BCUT2D eigenvalue weighted by atomic mass is 9.82. The van der Waals surface area contributed by atoms with Crippen LogP contribution in [0.5, 0.6) is 0 Å². The van der Waals surface area contributed by atoms with Crippen LogP contribution in [0.25, 0.3) is 0 Å². The second-order valence-corrected chi connectivity index (χ2v) is 11.9. The van der Waals surface area contributed by atoms with Crippen molar-refractivity contribution < 1.29 is 14.3 Å². The molecule has 2 bridgehead atoms. The zero-order valence-corrected chi connectivity index (χ0v) is 22.9. The number of amides is 2. The van der Waals surface area contributed by atoms with Gasteiger partial charge in [-0.1, -0.05) is 25.1 Å². The molecule has 5 atom stereocenters. The normalized spacial score (nSPS) is 27.1. The third kappa shape index (κ3) is 4.88. The van der Waals surface area contributed by atoms with Crippen molar-refractivity contribution in [2.45, 2.75) is 84.2 Å². The van der Waals surface area contributed by atoms with Gasteiger partial charge in [0.1, 0.15) is 5.60 Å². The molecule has 0 radical (unpaired) electrons. The minimum atomic E-state index is -0.497. The molecule has 0 aliphatic carbocycles. The molecule has 1 N–H and O–H groups in total. The highest BCUT2D eigenvalue weighted by Crippen LogP contribution is 2.45. The average molecular weight is 505 g/mol. The van der Waals surface area contributed by atoms with Crippen LogP contribution in [0.1, 0.15) is 66.0 Å². The molecule has 2 aromatic carbocycles. The van der Waals surface area contributed by atoms with Crippen LogP contribution >= 0.6 is 0 Å². The summed E-state index contributed by atoms with van der Waals surface area (Å²) < 4.78 is 5.69. The Morgan fingerprint density at radius 2 is 1.68 bits per heavy atom. The topological polar surface area (TPSA) is 65.1 Å². The van der Waals surface area contributed by atoms with Crippen molar-refractivity contribution >= 4 is 29.1 Å². The zero-order valence-electron chi connectivity index (χ0n) is 22.9. The second kappa shape index (κ2) is 9.58. The maximum Gasteiger partial charge on any atom is 0.410 e. The number of nitrogens with one attached hydrogen (secondary N) is 1. The Morgan fingerprint density at radius 1 is 0.973 bits per heavy atom. The molecule has 6 rings (SSSR count). The Balaban J connectivity index is 1.46. The Labute approximate surface area is 220 Å². The van der Waals surface area contributed by atoms with Crippen LogP contribution in [0.2, 0.25) is 0 Å². The number of ether oxygens (including phenoxy) is 1. The summed E-state index contributed by atoms with van der Waals surface area (Å²) in [7, 11) is 0. The summed E-state index contributed by atoms with van der Waals surface area (Å²) in [5, 5.41) is 3.76. The van der Waals surface area contributed by atoms with E-state index in [2.05, 4.69) is 54.4 Å². The first kappa shape index (κ1) is 25.4. The van der Waals surface area contributed by atoms with E-state index >= 15 is 0 Å². The second-order valence-electron chi connectivity index (χ2n) is 11.9. The zero-order chi connectivity index (χ0) is 26.5. The van der Waals surface area contributed by atoms with Crippen LogP contribution < -0.4 is 15.1 Å². The summed E-state index contributed by atoms with van der Waals surface area (Å²) >= 11 is 0. The van der Waals surface area contributed by atoms with Crippen molar-refractivity contribution in [2.75, 3.05) is 28.2 Å². The SMILES string of the molecule is CC(=O)N1c2ccc(N3CC4CCC3CN4C(=O)OC(C)(C)C)cc2[C@H](Nc2ccccc2)[C@@H](C)[C@@H]1C. The van der Waals surface area contributed by atoms with Crippen molar-refractivity contribution in [3.05, 3.63) is 54.1 Å². The molecule has 0 aromatic heterocycles. The van der Waals surface area contributed by atoms with Crippen LogP contribution in [-0.2, 0) is 9.53 Å². The monoisotopic (exact) mass is 504 g/mol. The van der Waals surface area contributed by atoms with E-state index in [0.717, 1.165) is 42.0 Å². The smallest absolute Gasteiger partial charge is 0.410 e. The number of para-hydroxylation sites is 1. The number of rotatable bonds is 3. The highest BCUT2D eigenvalue weighted by molar-refractivity contribution is 5.94. The van der Waals surface area contributed by atoms with E-state index in [1.165, 1.54) is 0 Å². The number of benzene rings is 2. The Hall–Kier alpha value is -3.22. The van der Waals surface area contributed by atoms with Gasteiger partial charge in [-0.3, -0.25) is 4.79 Å². The number of carbonyl (C=O) groups excluding carboxylic acids is 2. The third-order valence-electron chi connectivity index (χ3n) is 8.22. The van der Waals surface area contributed by atoms with Gasteiger partial charge in [-0.15, -0.1) is 0 Å². The van der Waals surface area contributed by atoms with Crippen LogP contribution in [0.15, 0.2) is 48.5 Å². The largest absolute Gasteiger partial charge is 0.444 e. The third-order valence-corrected chi connectivity index (χ3v) is 8.22. The molecule has 4 aliphatic rings. The lowest BCUT2D eigenvalue weighted by molar-refractivity contribution is -0.117. The van der Waals surface area contributed by atoms with E-state index in [4.69, 9.17) is 4.74 Å². The minimum Gasteiger partial charge on any atom is -0.444 e. The highest BCUT2D eigenvalue weighted by Gasteiger charge is 2.44. The van der Waals surface area contributed by atoms with Gasteiger partial charge >= 0.3 is 6.09 Å². The molecule has 37 heavy (non-hydrogen) atoms. The van der Waals surface area contributed by atoms with Gasteiger partial charge in [0.05, 0.1) is 12.1 Å². The predicted molar refractivity (Wildman–Crippen MR) is 148 cm³/mol. The van der Waals surface area contributed by atoms with E-state index in [9.17, 15) is 9.59 Å². The van der Waals surface area contributed by atoms with Crippen LogP contribution in [-0.4, -0.2) is 53.7 Å². The molecule has 7 nitrogen and oxygen atoms in total. The summed E-state index contributed by atoms with van der Waals surface area (Å²) in [4.78, 5) is 31.9. The van der Waals surface area contributed by atoms with Crippen molar-refractivity contribution in [3.8, 4) is 0 Å². The summed E-state index contributed by atoms with van der Waals surface area (Å²) in [6.07, 6.45) is 1.84. The molecule has 2 aromatic rings. The minimum absolute atomic E-state index is 0.0662. The van der Waals surface area contributed by atoms with Crippen LogP contribution in [0.4, 0.5) is 21.9 Å². The fourth-order valence-corrected chi connectivity index (χ4v) is 6.27. The van der Waals surface area contributed by atoms with Crippen molar-refractivity contribution in [1.29, 1.82) is 0 Å². The summed E-state index contributed by atoms with van der Waals surface area (Å²) in [6, 6.07) is 17.4. The van der Waals surface area contributed by atoms with Crippen molar-refractivity contribution in [3.63, 3.8) is 0 Å². The van der Waals surface area contributed by atoms with Crippen LogP contribution in [0, 0.1) is 5.92 Å². The molecule has 198 valence electrons. The van der Waals surface area contributed by atoms with E-state index in [1.54, 1.807) is 6.92 Å². The van der Waals surface area contributed by atoms with Crippen molar-refractivity contribution in [2.24, 2.45) is 5.92 Å². The Bertz CT molecular complexity index is 1160. The van der Waals surface area contributed by atoms with Gasteiger partial charge in [-0.2, -0.15) is 0 Å². The van der Waals surface area contributed by atoms with Gasteiger partial charge < -0.3 is 24.8 Å². The standard InChI is InChI=1S/C30H40N4O3/c1-19-20(2)34(21(3)35)27-15-14-23(16-26(27)28(19)31-22-10-8-7-9-11-22)32-17-25-13-12-24(32)18-33(25)29(36)37-30(4,5)6/h7-11,14-16,19-20,24-25,28,31H,12-13,17-18H2,1-6H3/t19-,20-,24?,25?,28+/m0/s1. The summed E-state index contributed by atoms with van der Waals surface area (Å²) in [5.74, 6) is 0.281. The highest BCUT2D eigenvalue weighted by atomic mass is 16.6. The number of fused-ring (bicyclic) bond motifs is 4. The van der Waals surface area contributed by atoms with E-state index in [-0.39, 0.29) is 42.1 Å². The van der Waals surface area contributed by atoms with E-state index < -0.39 is 5.60 Å². The molecule has 0 saturated carbocycles. The average Bonchev–Trinajstić information content (AvgIpc) is 2.86. The lowest BCUT2D eigenvalue weighted by Crippen LogP contribution is -2.64. The predicted octanol–water partition coefficient (Wildman–Crippen LogP) is 5.82. The molecule has 2 amide bonds. The Morgan fingerprint density at radius 3 is 2.30 bits per heavy atom. The Kier molecular flexibility index (Phi) is 6.59. The van der Waals surface area contributed by atoms with Gasteiger partial charge in [0.25, 0.3) is 0 Å². The lowest BCUT2D eigenvalue weighted by Gasteiger charge is -2.52. The number of piperidine rings is 2. The van der Waals surface area contributed by atoms with Gasteiger partial charge in [-0.05, 0) is 70.9 Å². The first-order valence-corrected chi connectivity index (χ1v) is 13.5. The van der Waals surface area contributed by atoms with Gasteiger partial charge in [-0.25, -0.2) is 4.79 Å². The number of carbonyl (C=O) groups is 2. The number of hydrogen-bond acceptors (Lipinski definition) is 5. The molecule has 0 spiro atoms. The molecule has 4 heterocycles. The number of anilines is 3. The molecule has 2 unspecified atom stereocenters.